The van der Waals surface area contributed by atoms with Crippen LogP contribution in [0.1, 0.15) is 23.7 Å². The topological polar surface area (TPSA) is 66.5 Å². The summed E-state index contributed by atoms with van der Waals surface area (Å²) in [6, 6.07) is 6.19. The highest BCUT2D eigenvalue weighted by molar-refractivity contribution is 7.89. The largest absolute Gasteiger partial charge is 0.318 e. The number of likely N-dealkylation sites (N-methyl/N-ethyl adjacent to an activating group) is 2. The van der Waals surface area contributed by atoms with Gasteiger partial charge in [-0.05, 0) is 19.2 Å². The number of benzene rings is 1. The molecule has 114 valence electrons. The lowest BCUT2D eigenvalue weighted by Crippen LogP contribution is -2.32. The summed E-state index contributed by atoms with van der Waals surface area (Å²) >= 11 is 0. The molecule has 1 N–H and O–H groups in total. The van der Waals surface area contributed by atoms with Gasteiger partial charge in [-0.15, -0.1) is 12.4 Å². The molecule has 0 spiro atoms. The SMILES string of the molecule is CCC(=O)c1cccc(S(=O)(=O)N(C)CCNC)c1.Cl. The summed E-state index contributed by atoms with van der Waals surface area (Å²) in [5.74, 6) is -0.0603. The lowest BCUT2D eigenvalue weighted by atomic mass is 10.1. The van der Waals surface area contributed by atoms with Gasteiger partial charge in [-0.3, -0.25) is 4.79 Å². The minimum atomic E-state index is -3.53. The number of hydrogen-bond donors (Lipinski definition) is 1. The molecule has 0 radical (unpaired) electrons. The number of ketones is 1. The van der Waals surface area contributed by atoms with Gasteiger partial charge in [0.1, 0.15) is 0 Å². The number of nitrogens with zero attached hydrogens (tertiary/aromatic N) is 1. The molecule has 20 heavy (non-hydrogen) atoms. The smallest absolute Gasteiger partial charge is 0.242 e. The standard InChI is InChI=1S/C13H20N2O3S.ClH/c1-4-13(16)11-6-5-7-12(10-11)19(17,18)15(3)9-8-14-2;/h5-7,10,14H,4,8-9H2,1-3H3;1H. The van der Waals surface area contributed by atoms with Crippen molar-refractivity contribution in [2.45, 2.75) is 18.2 Å². The number of Topliss-reactive ketones (excluding diaryl/α,β-unsaturated/α-hetero) is 1. The van der Waals surface area contributed by atoms with Crippen molar-refractivity contribution in [3.8, 4) is 0 Å². The molecular formula is C13H21ClN2O3S. The van der Waals surface area contributed by atoms with Crippen LogP contribution in [0.25, 0.3) is 0 Å². The summed E-state index contributed by atoms with van der Waals surface area (Å²) in [6.45, 7) is 2.71. The number of rotatable bonds is 7. The van der Waals surface area contributed by atoms with Crippen LogP contribution in [-0.2, 0) is 10.0 Å². The van der Waals surface area contributed by atoms with E-state index in [1.165, 1.54) is 23.5 Å². The van der Waals surface area contributed by atoms with Crippen molar-refractivity contribution in [2.75, 3.05) is 27.2 Å². The molecule has 0 aliphatic heterocycles. The Balaban J connectivity index is 0.00000361. The second kappa shape index (κ2) is 8.36. The molecular weight excluding hydrogens is 300 g/mol. The highest BCUT2D eigenvalue weighted by atomic mass is 35.5. The van der Waals surface area contributed by atoms with Crippen molar-refractivity contribution in [1.29, 1.82) is 0 Å². The summed E-state index contributed by atoms with van der Waals surface area (Å²) in [7, 11) is -0.241. The van der Waals surface area contributed by atoms with E-state index in [9.17, 15) is 13.2 Å². The van der Waals surface area contributed by atoms with E-state index in [0.29, 0.717) is 25.1 Å². The van der Waals surface area contributed by atoms with E-state index < -0.39 is 10.0 Å². The van der Waals surface area contributed by atoms with Crippen LogP contribution in [0, 0.1) is 0 Å². The maximum absolute atomic E-state index is 12.3. The van der Waals surface area contributed by atoms with Gasteiger partial charge in [-0.1, -0.05) is 19.1 Å². The number of halogens is 1. The Labute approximate surface area is 126 Å². The summed E-state index contributed by atoms with van der Waals surface area (Å²) in [6.07, 6.45) is 0.360. The van der Waals surface area contributed by atoms with Crippen molar-refractivity contribution >= 4 is 28.2 Å². The monoisotopic (exact) mass is 320 g/mol. The normalized spacial score (nSPS) is 11.2. The van der Waals surface area contributed by atoms with E-state index in [-0.39, 0.29) is 23.1 Å². The van der Waals surface area contributed by atoms with Crippen molar-refractivity contribution in [3.05, 3.63) is 29.8 Å². The number of carbonyl (C=O) groups is 1. The average Bonchev–Trinajstić information content (AvgIpc) is 2.43. The van der Waals surface area contributed by atoms with Crippen LogP contribution in [0.15, 0.2) is 29.2 Å². The highest BCUT2D eigenvalue weighted by Gasteiger charge is 2.21. The zero-order valence-electron chi connectivity index (χ0n) is 11.9. The number of carbonyl (C=O) groups excluding carboxylic acids is 1. The molecule has 1 aromatic carbocycles. The van der Waals surface area contributed by atoms with Gasteiger partial charge in [0.05, 0.1) is 4.90 Å². The quantitative estimate of drug-likeness (QED) is 0.774. The van der Waals surface area contributed by atoms with Crippen LogP contribution in [0.2, 0.25) is 0 Å². The first-order valence-electron chi connectivity index (χ1n) is 6.17. The Morgan fingerprint density at radius 3 is 2.55 bits per heavy atom. The number of hydrogen-bond acceptors (Lipinski definition) is 4. The highest BCUT2D eigenvalue weighted by Crippen LogP contribution is 2.16. The zero-order valence-corrected chi connectivity index (χ0v) is 13.6. The molecule has 0 atom stereocenters. The Bertz CT molecular complexity index is 546. The molecule has 7 heteroatoms. The fourth-order valence-corrected chi connectivity index (χ4v) is 2.82. The van der Waals surface area contributed by atoms with Gasteiger partial charge in [0, 0.05) is 32.1 Å². The molecule has 0 aromatic heterocycles. The lowest BCUT2D eigenvalue weighted by molar-refractivity contribution is 0.0988. The molecule has 0 heterocycles. The molecule has 0 fully saturated rings. The first-order chi connectivity index (χ1) is 8.93. The Kier molecular flexibility index (Phi) is 7.96. The molecule has 1 rings (SSSR count). The minimum Gasteiger partial charge on any atom is -0.318 e. The fraction of sp³-hybridized carbons (Fsp3) is 0.462. The molecule has 0 unspecified atom stereocenters. The van der Waals surface area contributed by atoms with Gasteiger partial charge in [0.25, 0.3) is 0 Å². The molecule has 0 saturated carbocycles. The molecule has 0 saturated heterocycles. The van der Waals surface area contributed by atoms with E-state index >= 15 is 0 Å². The molecule has 1 aromatic rings. The third-order valence-electron chi connectivity index (χ3n) is 2.86. The lowest BCUT2D eigenvalue weighted by Gasteiger charge is -2.17. The molecule has 0 aliphatic carbocycles. The zero-order chi connectivity index (χ0) is 14.5. The van der Waals surface area contributed by atoms with Crippen molar-refractivity contribution < 1.29 is 13.2 Å². The van der Waals surface area contributed by atoms with Gasteiger partial charge < -0.3 is 5.32 Å². The van der Waals surface area contributed by atoms with Crippen LogP contribution < -0.4 is 5.32 Å². The van der Waals surface area contributed by atoms with Gasteiger partial charge in [0.15, 0.2) is 5.78 Å². The fourth-order valence-electron chi connectivity index (χ4n) is 1.60. The first kappa shape index (κ1) is 19.1. The second-order valence-electron chi connectivity index (χ2n) is 4.23. The predicted octanol–water partition coefficient (Wildman–Crippen LogP) is 1.54. The second-order valence-corrected chi connectivity index (χ2v) is 6.28. The van der Waals surface area contributed by atoms with Crippen LogP contribution in [-0.4, -0.2) is 45.7 Å². The molecule has 0 amide bonds. The van der Waals surface area contributed by atoms with E-state index in [2.05, 4.69) is 5.32 Å². The first-order valence-corrected chi connectivity index (χ1v) is 7.61. The number of sulfonamides is 1. The molecule has 5 nitrogen and oxygen atoms in total. The van der Waals surface area contributed by atoms with Crippen molar-refractivity contribution in [3.63, 3.8) is 0 Å². The third kappa shape index (κ3) is 4.56. The van der Waals surface area contributed by atoms with Gasteiger partial charge in [-0.25, -0.2) is 8.42 Å². The van der Waals surface area contributed by atoms with E-state index in [4.69, 9.17) is 0 Å². The third-order valence-corrected chi connectivity index (χ3v) is 4.71. The minimum absolute atomic E-state index is 0. The van der Waals surface area contributed by atoms with Crippen molar-refractivity contribution in [1.82, 2.24) is 9.62 Å². The van der Waals surface area contributed by atoms with Gasteiger partial charge in [-0.2, -0.15) is 4.31 Å². The summed E-state index contributed by atoms with van der Waals surface area (Å²) < 4.78 is 25.9. The van der Waals surface area contributed by atoms with Crippen LogP contribution >= 0.6 is 12.4 Å². The van der Waals surface area contributed by atoms with Crippen LogP contribution in [0.3, 0.4) is 0 Å². The Hall–Kier alpha value is -0.950. The van der Waals surface area contributed by atoms with E-state index in [0.717, 1.165) is 0 Å². The number of nitrogens with one attached hydrogen (secondary N) is 1. The molecule has 0 aliphatic rings. The van der Waals surface area contributed by atoms with Gasteiger partial charge >= 0.3 is 0 Å². The predicted molar refractivity (Wildman–Crippen MR) is 82.1 cm³/mol. The summed E-state index contributed by atoms with van der Waals surface area (Å²) in [5.41, 5.74) is 0.436. The van der Waals surface area contributed by atoms with Crippen molar-refractivity contribution in [2.24, 2.45) is 0 Å². The van der Waals surface area contributed by atoms with Crippen LogP contribution in [0.5, 0.6) is 0 Å². The summed E-state index contributed by atoms with van der Waals surface area (Å²) in [4.78, 5) is 11.8. The Morgan fingerprint density at radius 2 is 2.00 bits per heavy atom. The maximum atomic E-state index is 12.3. The van der Waals surface area contributed by atoms with E-state index in [1.807, 2.05) is 0 Å². The maximum Gasteiger partial charge on any atom is 0.242 e. The van der Waals surface area contributed by atoms with Crippen LogP contribution in [0.4, 0.5) is 0 Å². The Morgan fingerprint density at radius 1 is 1.35 bits per heavy atom. The summed E-state index contributed by atoms with van der Waals surface area (Å²) in [5, 5.41) is 2.90. The van der Waals surface area contributed by atoms with E-state index in [1.54, 1.807) is 26.1 Å². The molecule has 0 bridgehead atoms. The van der Waals surface area contributed by atoms with Gasteiger partial charge in [0.2, 0.25) is 10.0 Å². The average molecular weight is 321 g/mol.